The van der Waals surface area contributed by atoms with Gasteiger partial charge >= 0.3 is 0 Å². The van der Waals surface area contributed by atoms with Crippen molar-refractivity contribution in [3.8, 4) is 5.75 Å². The van der Waals surface area contributed by atoms with Crippen LogP contribution in [0.4, 0.5) is 0 Å². The Morgan fingerprint density at radius 2 is 1.91 bits per heavy atom. The van der Waals surface area contributed by atoms with E-state index in [2.05, 4.69) is 12.2 Å². The monoisotopic (exact) mass is 380 g/mol. The molecule has 0 radical (unpaired) electrons. The van der Waals surface area contributed by atoms with E-state index in [1.807, 2.05) is 0 Å². The first-order valence-corrected chi connectivity index (χ1v) is 9.83. The van der Waals surface area contributed by atoms with Gasteiger partial charge in [0.05, 0.1) is 17.2 Å². The van der Waals surface area contributed by atoms with Gasteiger partial charge in [0.25, 0.3) is 0 Å². The first-order valence-electron chi connectivity index (χ1n) is 7.64. The van der Waals surface area contributed by atoms with Crippen LogP contribution in [0.25, 0.3) is 0 Å². The molecule has 1 aliphatic heterocycles. The van der Waals surface area contributed by atoms with Crippen LogP contribution in [-0.2, 0) is 10.0 Å². The molecule has 1 aromatic carbocycles. The Morgan fingerprint density at radius 1 is 1.26 bits per heavy atom. The topological polar surface area (TPSA) is 58.6 Å². The molecule has 0 atom stereocenters. The van der Waals surface area contributed by atoms with E-state index in [1.165, 1.54) is 23.5 Å². The maximum absolute atomic E-state index is 12.8. The number of hydrogen-bond donors (Lipinski definition) is 1. The van der Waals surface area contributed by atoms with Crippen LogP contribution in [0, 0.1) is 5.92 Å². The summed E-state index contributed by atoms with van der Waals surface area (Å²) in [5.74, 6) is 0.872. The molecule has 0 bridgehead atoms. The number of ether oxygens (including phenoxy) is 1. The number of nitrogens with zero attached hydrogens (tertiary/aromatic N) is 1. The molecule has 1 aromatic rings. The lowest BCUT2D eigenvalue weighted by molar-refractivity contribution is 0.268. The number of rotatable bonds is 6. The fourth-order valence-corrected chi connectivity index (χ4v) is 5.00. The van der Waals surface area contributed by atoms with E-state index in [-0.39, 0.29) is 14.9 Å². The van der Waals surface area contributed by atoms with Crippen molar-refractivity contribution in [2.24, 2.45) is 5.92 Å². The Kier molecular flexibility index (Phi) is 6.57. The van der Waals surface area contributed by atoms with Crippen molar-refractivity contribution < 1.29 is 13.2 Å². The van der Waals surface area contributed by atoms with E-state index < -0.39 is 10.0 Å². The average Bonchev–Trinajstić information content (AvgIpc) is 2.54. The molecule has 1 aliphatic rings. The number of piperidine rings is 1. The number of hydrogen-bond acceptors (Lipinski definition) is 4. The normalized spacial score (nSPS) is 17.4. The Bertz CT molecular complexity index is 644. The van der Waals surface area contributed by atoms with Crippen molar-refractivity contribution in [1.29, 1.82) is 0 Å². The Labute approximate surface area is 148 Å². The van der Waals surface area contributed by atoms with Crippen LogP contribution in [0.2, 0.25) is 10.0 Å². The molecule has 0 aliphatic carbocycles. The Balaban J connectivity index is 2.15. The summed E-state index contributed by atoms with van der Waals surface area (Å²) in [6.07, 6.45) is 1.68. The average molecular weight is 381 g/mol. The Hall–Kier alpha value is -0.530. The molecule has 1 fully saturated rings. The number of nitrogens with one attached hydrogen (secondary N) is 1. The maximum atomic E-state index is 12.8. The van der Waals surface area contributed by atoms with Crippen LogP contribution in [0.3, 0.4) is 0 Å². The first-order chi connectivity index (χ1) is 10.9. The highest BCUT2D eigenvalue weighted by Crippen LogP contribution is 2.35. The number of benzene rings is 1. The third-order valence-corrected chi connectivity index (χ3v) is 6.74. The second-order valence-corrected chi connectivity index (χ2v) is 8.29. The lowest BCUT2D eigenvalue weighted by Gasteiger charge is -2.31. The highest BCUT2D eigenvalue weighted by Gasteiger charge is 2.31. The van der Waals surface area contributed by atoms with E-state index in [1.54, 1.807) is 0 Å². The summed E-state index contributed by atoms with van der Waals surface area (Å²) in [5, 5.41) is 3.67. The second kappa shape index (κ2) is 8.03. The van der Waals surface area contributed by atoms with Crippen molar-refractivity contribution in [3.05, 3.63) is 22.2 Å². The van der Waals surface area contributed by atoms with E-state index in [0.717, 1.165) is 25.9 Å². The van der Waals surface area contributed by atoms with Crippen LogP contribution in [0.15, 0.2) is 17.0 Å². The zero-order valence-electron chi connectivity index (χ0n) is 13.3. The fraction of sp³-hybridized carbons (Fsp3) is 0.600. The van der Waals surface area contributed by atoms with Gasteiger partial charge in [-0.3, -0.25) is 0 Å². The SMILES string of the molecule is CCNCC1CCN(S(=O)(=O)c2cc(Cl)c(OC)cc2Cl)CC1. The standard InChI is InChI=1S/C15H22Cl2N2O3S/c1-3-18-10-11-4-6-19(7-5-11)23(20,21)15-9-12(16)14(22-2)8-13(15)17/h8-9,11,18H,3-7,10H2,1-2H3. The molecule has 0 saturated carbocycles. The van der Waals surface area contributed by atoms with Gasteiger partial charge in [-0.25, -0.2) is 8.42 Å². The molecular formula is C15H22Cl2N2O3S. The minimum atomic E-state index is -3.64. The molecule has 23 heavy (non-hydrogen) atoms. The quantitative estimate of drug-likeness (QED) is 0.823. The van der Waals surface area contributed by atoms with Gasteiger partial charge in [0.1, 0.15) is 10.6 Å². The maximum Gasteiger partial charge on any atom is 0.244 e. The van der Waals surface area contributed by atoms with Gasteiger partial charge in [-0.15, -0.1) is 0 Å². The molecule has 0 amide bonds. The van der Waals surface area contributed by atoms with Gasteiger partial charge in [-0.05, 0) is 37.9 Å². The number of methoxy groups -OCH3 is 1. The third kappa shape index (κ3) is 4.31. The summed E-state index contributed by atoms with van der Waals surface area (Å²) in [5.41, 5.74) is 0. The number of sulfonamides is 1. The molecule has 5 nitrogen and oxygen atoms in total. The Morgan fingerprint density at radius 3 is 2.48 bits per heavy atom. The zero-order valence-corrected chi connectivity index (χ0v) is 15.6. The van der Waals surface area contributed by atoms with Crippen LogP contribution >= 0.6 is 23.2 Å². The lowest BCUT2D eigenvalue weighted by atomic mass is 9.98. The minimum Gasteiger partial charge on any atom is -0.495 e. The molecule has 130 valence electrons. The van der Waals surface area contributed by atoms with Crippen LogP contribution < -0.4 is 10.1 Å². The first kappa shape index (κ1) is 18.8. The molecule has 1 saturated heterocycles. The van der Waals surface area contributed by atoms with E-state index in [0.29, 0.717) is 24.8 Å². The van der Waals surface area contributed by atoms with E-state index in [9.17, 15) is 8.42 Å². The third-order valence-electron chi connectivity index (χ3n) is 4.08. The predicted molar refractivity (Wildman–Crippen MR) is 93.0 cm³/mol. The molecule has 2 rings (SSSR count). The van der Waals surface area contributed by atoms with Gasteiger partial charge in [0, 0.05) is 19.2 Å². The summed E-state index contributed by atoms with van der Waals surface area (Å²) >= 11 is 12.2. The molecule has 1 heterocycles. The molecule has 1 N–H and O–H groups in total. The van der Waals surface area contributed by atoms with Crippen LogP contribution in [0.5, 0.6) is 5.75 Å². The van der Waals surface area contributed by atoms with Gasteiger partial charge in [0.15, 0.2) is 0 Å². The van der Waals surface area contributed by atoms with Gasteiger partial charge < -0.3 is 10.1 Å². The van der Waals surface area contributed by atoms with Gasteiger partial charge in [-0.2, -0.15) is 4.31 Å². The molecular weight excluding hydrogens is 359 g/mol. The summed E-state index contributed by atoms with van der Waals surface area (Å²) in [7, 11) is -2.18. The summed E-state index contributed by atoms with van der Waals surface area (Å²) in [6.45, 7) is 4.92. The molecule has 0 aromatic heterocycles. The number of halogens is 2. The fourth-order valence-electron chi connectivity index (χ4n) is 2.71. The van der Waals surface area contributed by atoms with Crippen LogP contribution in [0.1, 0.15) is 19.8 Å². The molecule has 0 spiro atoms. The smallest absolute Gasteiger partial charge is 0.244 e. The van der Waals surface area contributed by atoms with E-state index in [4.69, 9.17) is 27.9 Å². The van der Waals surface area contributed by atoms with Crippen molar-refractivity contribution in [2.75, 3.05) is 33.3 Å². The van der Waals surface area contributed by atoms with Crippen molar-refractivity contribution in [1.82, 2.24) is 9.62 Å². The largest absolute Gasteiger partial charge is 0.495 e. The van der Waals surface area contributed by atoms with Crippen molar-refractivity contribution >= 4 is 33.2 Å². The highest BCUT2D eigenvalue weighted by molar-refractivity contribution is 7.89. The van der Waals surface area contributed by atoms with Crippen molar-refractivity contribution in [2.45, 2.75) is 24.7 Å². The highest BCUT2D eigenvalue weighted by atomic mass is 35.5. The molecule has 8 heteroatoms. The zero-order chi connectivity index (χ0) is 17.0. The van der Waals surface area contributed by atoms with Gasteiger partial charge in [0.2, 0.25) is 10.0 Å². The predicted octanol–water partition coefficient (Wildman–Crippen LogP) is 3.01. The molecule has 0 unspecified atom stereocenters. The second-order valence-electron chi connectivity index (χ2n) is 5.57. The van der Waals surface area contributed by atoms with E-state index >= 15 is 0 Å². The minimum absolute atomic E-state index is 0.0371. The summed E-state index contributed by atoms with van der Waals surface area (Å²) < 4.78 is 32.2. The van der Waals surface area contributed by atoms with Crippen LogP contribution in [-0.4, -0.2) is 46.0 Å². The summed E-state index contributed by atoms with van der Waals surface area (Å²) in [4.78, 5) is 0.0371. The van der Waals surface area contributed by atoms with Gasteiger partial charge in [-0.1, -0.05) is 30.1 Å². The summed E-state index contributed by atoms with van der Waals surface area (Å²) in [6, 6.07) is 2.80. The van der Waals surface area contributed by atoms with Crippen molar-refractivity contribution in [3.63, 3.8) is 0 Å². The lowest BCUT2D eigenvalue weighted by Crippen LogP contribution is -2.40.